The second-order valence-electron chi connectivity index (χ2n) is 5.71. The summed E-state index contributed by atoms with van der Waals surface area (Å²) in [6.07, 6.45) is 1.19. The van der Waals surface area contributed by atoms with E-state index in [-0.39, 0.29) is 12.5 Å². The van der Waals surface area contributed by atoms with Gasteiger partial charge in [-0.05, 0) is 30.4 Å². The van der Waals surface area contributed by atoms with Crippen molar-refractivity contribution in [3.63, 3.8) is 0 Å². The molecule has 0 spiro atoms. The summed E-state index contributed by atoms with van der Waals surface area (Å²) in [4.78, 5) is 14.1. The molecule has 0 aromatic heterocycles. The minimum atomic E-state index is 0.0613. The zero-order valence-corrected chi connectivity index (χ0v) is 12.5. The zero-order valence-electron chi connectivity index (χ0n) is 12.5. The van der Waals surface area contributed by atoms with Crippen LogP contribution in [0.4, 0.5) is 0 Å². The highest BCUT2D eigenvalue weighted by Crippen LogP contribution is 2.22. The number of carbonyl (C=O) groups is 1. The van der Waals surface area contributed by atoms with Crippen molar-refractivity contribution in [3.05, 3.63) is 24.3 Å². The first kappa shape index (κ1) is 14.7. The van der Waals surface area contributed by atoms with Crippen molar-refractivity contribution < 1.29 is 14.3 Å². The van der Waals surface area contributed by atoms with Gasteiger partial charge >= 0.3 is 0 Å². The van der Waals surface area contributed by atoms with Crippen LogP contribution in [-0.4, -0.2) is 37.6 Å². The van der Waals surface area contributed by atoms with E-state index in [2.05, 4.69) is 13.8 Å². The van der Waals surface area contributed by atoms with Gasteiger partial charge < -0.3 is 14.4 Å². The minimum Gasteiger partial charge on any atom is -0.497 e. The predicted molar refractivity (Wildman–Crippen MR) is 78.0 cm³/mol. The summed E-state index contributed by atoms with van der Waals surface area (Å²) >= 11 is 0. The van der Waals surface area contributed by atoms with Crippen LogP contribution in [0.5, 0.6) is 11.5 Å². The monoisotopic (exact) mass is 277 g/mol. The Balaban J connectivity index is 1.88. The lowest BCUT2D eigenvalue weighted by Crippen LogP contribution is -2.44. The fourth-order valence-corrected chi connectivity index (χ4v) is 2.79. The number of amides is 1. The zero-order chi connectivity index (χ0) is 14.5. The second-order valence-corrected chi connectivity index (χ2v) is 5.71. The molecule has 1 saturated heterocycles. The second kappa shape index (κ2) is 6.64. The molecule has 0 radical (unpaired) electrons. The standard InChI is InChI=1S/C16H23NO3/c1-12-7-13(2)10-17(9-12)16(18)11-20-15-6-4-5-14(8-15)19-3/h4-6,8,12-13H,7,9-11H2,1-3H3. The van der Waals surface area contributed by atoms with Crippen LogP contribution in [0.25, 0.3) is 0 Å². The van der Waals surface area contributed by atoms with E-state index >= 15 is 0 Å². The van der Waals surface area contributed by atoms with Crippen molar-refractivity contribution in [2.45, 2.75) is 20.3 Å². The molecule has 1 aromatic carbocycles. The van der Waals surface area contributed by atoms with Gasteiger partial charge in [0.15, 0.2) is 6.61 Å². The highest BCUT2D eigenvalue weighted by molar-refractivity contribution is 5.77. The molecule has 4 heteroatoms. The molecule has 1 aliphatic heterocycles. The first-order valence-corrected chi connectivity index (χ1v) is 7.13. The van der Waals surface area contributed by atoms with Gasteiger partial charge in [-0.25, -0.2) is 0 Å². The Labute approximate surface area is 120 Å². The van der Waals surface area contributed by atoms with Crippen molar-refractivity contribution in [1.29, 1.82) is 0 Å². The quantitative estimate of drug-likeness (QED) is 0.849. The molecule has 2 unspecified atom stereocenters. The molecular formula is C16H23NO3. The van der Waals surface area contributed by atoms with E-state index in [4.69, 9.17) is 9.47 Å². The molecule has 2 atom stereocenters. The SMILES string of the molecule is COc1cccc(OCC(=O)N2CC(C)CC(C)C2)c1. The van der Waals surface area contributed by atoms with Gasteiger partial charge in [-0.2, -0.15) is 0 Å². The number of benzene rings is 1. The molecule has 4 nitrogen and oxygen atoms in total. The molecular weight excluding hydrogens is 254 g/mol. The smallest absolute Gasteiger partial charge is 0.260 e. The number of carbonyl (C=O) groups excluding carboxylic acids is 1. The molecule has 110 valence electrons. The number of piperidine rings is 1. The summed E-state index contributed by atoms with van der Waals surface area (Å²) < 4.78 is 10.7. The maximum atomic E-state index is 12.2. The summed E-state index contributed by atoms with van der Waals surface area (Å²) in [6, 6.07) is 7.32. The molecule has 20 heavy (non-hydrogen) atoms. The van der Waals surface area contributed by atoms with Crippen LogP contribution in [0, 0.1) is 11.8 Å². The summed E-state index contributed by atoms with van der Waals surface area (Å²) in [5, 5.41) is 0. The van der Waals surface area contributed by atoms with Gasteiger partial charge in [0, 0.05) is 19.2 Å². The van der Waals surface area contributed by atoms with Crippen LogP contribution in [0.1, 0.15) is 20.3 Å². The van der Waals surface area contributed by atoms with Crippen molar-refractivity contribution in [1.82, 2.24) is 4.90 Å². The van der Waals surface area contributed by atoms with Gasteiger partial charge in [-0.3, -0.25) is 4.79 Å². The summed E-state index contributed by atoms with van der Waals surface area (Å²) in [6.45, 7) is 6.15. The highest BCUT2D eigenvalue weighted by atomic mass is 16.5. The summed E-state index contributed by atoms with van der Waals surface area (Å²) in [5.74, 6) is 2.59. The Hall–Kier alpha value is -1.71. The van der Waals surface area contributed by atoms with E-state index in [9.17, 15) is 4.79 Å². The van der Waals surface area contributed by atoms with E-state index in [1.54, 1.807) is 13.2 Å². The molecule has 0 N–H and O–H groups in total. The van der Waals surface area contributed by atoms with Gasteiger partial charge in [-0.1, -0.05) is 19.9 Å². The third kappa shape index (κ3) is 3.89. The van der Waals surface area contributed by atoms with Gasteiger partial charge in [-0.15, -0.1) is 0 Å². The van der Waals surface area contributed by atoms with Crippen molar-refractivity contribution in [2.75, 3.05) is 26.8 Å². The van der Waals surface area contributed by atoms with Crippen molar-refractivity contribution in [2.24, 2.45) is 11.8 Å². The third-order valence-electron chi connectivity index (χ3n) is 3.63. The Morgan fingerprint density at radius 2 is 1.90 bits per heavy atom. The Bertz CT molecular complexity index is 451. The van der Waals surface area contributed by atoms with Crippen molar-refractivity contribution >= 4 is 5.91 Å². The number of rotatable bonds is 4. The minimum absolute atomic E-state index is 0.0613. The Morgan fingerprint density at radius 3 is 2.55 bits per heavy atom. The maximum absolute atomic E-state index is 12.2. The van der Waals surface area contributed by atoms with Gasteiger partial charge in [0.05, 0.1) is 7.11 Å². The van der Waals surface area contributed by atoms with Crippen molar-refractivity contribution in [3.8, 4) is 11.5 Å². The van der Waals surface area contributed by atoms with Crippen LogP contribution >= 0.6 is 0 Å². The number of nitrogens with zero attached hydrogens (tertiary/aromatic N) is 1. The Morgan fingerprint density at radius 1 is 1.25 bits per heavy atom. The molecule has 1 heterocycles. The topological polar surface area (TPSA) is 38.8 Å². The van der Waals surface area contributed by atoms with Crippen LogP contribution in [0.3, 0.4) is 0 Å². The number of ether oxygens (including phenoxy) is 2. The van der Waals surface area contributed by atoms with Crippen LogP contribution in [0.15, 0.2) is 24.3 Å². The largest absolute Gasteiger partial charge is 0.497 e. The molecule has 1 fully saturated rings. The number of hydrogen-bond donors (Lipinski definition) is 0. The molecule has 0 aliphatic carbocycles. The van der Waals surface area contributed by atoms with E-state index in [0.717, 1.165) is 18.8 Å². The Kier molecular flexibility index (Phi) is 4.88. The third-order valence-corrected chi connectivity index (χ3v) is 3.63. The molecule has 0 bridgehead atoms. The number of likely N-dealkylation sites (tertiary alicyclic amines) is 1. The number of hydrogen-bond acceptors (Lipinski definition) is 3. The molecule has 0 saturated carbocycles. The molecule has 1 aliphatic rings. The predicted octanol–water partition coefficient (Wildman–Crippen LogP) is 2.58. The average Bonchev–Trinajstić information content (AvgIpc) is 2.44. The van der Waals surface area contributed by atoms with E-state index in [1.807, 2.05) is 23.1 Å². The molecule has 1 aromatic rings. The van der Waals surface area contributed by atoms with E-state index in [1.165, 1.54) is 6.42 Å². The highest BCUT2D eigenvalue weighted by Gasteiger charge is 2.25. The van der Waals surface area contributed by atoms with Gasteiger partial charge in [0.1, 0.15) is 11.5 Å². The van der Waals surface area contributed by atoms with E-state index in [0.29, 0.717) is 17.6 Å². The van der Waals surface area contributed by atoms with Crippen LogP contribution in [-0.2, 0) is 4.79 Å². The normalized spacial score (nSPS) is 22.4. The maximum Gasteiger partial charge on any atom is 0.260 e. The first-order valence-electron chi connectivity index (χ1n) is 7.13. The number of methoxy groups -OCH3 is 1. The molecule has 2 rings (SSSR count). The summed E-state index contributed by atoms with van der Waals surface area (Å²) in [5.41, 5.74) is 0. The first-order chi connectivity index (χ1) is 9.58. The fraction of sp³-hybridized carbons (Fsp3) is 0.562. The lowest BCUT2D eigenvalue weighted by atomic mass is 9.92. The van der Waals surface area contributed by atoms with Gasteiger partial charge in [0.25, 0.3) is 5.91 Å². The van der Waals surface area contributed by atoms with Crippen LogP contribution in [0.2, 0.25) is 0 Å². The van der Waals surface area contributed by atoms with E-state index < -0.39 is 0 Å². The van der Waals surface area contributed by atoms with Gasteiger partial charge in [0.2, 0.25) is 0 Å². The summed E-state index contributed by atoms with van der Waals surface area (Å²) in [7, 11) is 1.61. The lowest BCUT2D eigenvalue weighted by Gasteiger charge is -2.34. The average molecular weight is 277 g/mol. The lowest BCUT2D eigenvalue weighted by molar-refractivity contribution is -0.136. The fourth-order valence-electron chi connectivity index (χ4n) is 2.79. The molecule has 1 amide bonds. The van der Waals surface area contributed by atoms with Crippen LogP contribution < -0.4 is 9.47 Å².